The molecule has 1 aliphatic heterocycles. The van der Waals surface area contributed by atoms with Gasteiger partial charge >= 0.3 is 6.03 Å². The largest absolute Gasteiger partial charge is 0.331 e. The highest BCUT2D eigenvalue weighted by Crippen LogP contribution is 2.46. The first kappa shape index (κ1) is 19.2. The van der Waals surface area contributed by atoms with E-state index in [1.165, 1.54) is 5.56 Å². The third-order valence-corrected chi connectivity index (χ3v) is 6.73. The topological polar surface area (TPSA) is 48.5 Å². The number of amides is 2. The normalized spacial score (nSPS) is 27.4. The van der Waals surface area contributed by atoms with Crippen LogP contribution in [0, 0.1) is 0 Å². The monoisotopic (exact) mass is 398 g/mol. The summed E-state index contributed by atoms with van der Waals surface area (Å²) in [4.78, 5) is 20.9. The molecule has 0 unspecified atom stereocenters. The van der Waals surface area contributed by atoms with Crippen LogP contribution < -0.4 is 5.32 Å². The second-order valence-corrected chi connectivity index (χ2v) is 8.73. The molecule has 1 aliphatic carbocycles. The molecule has 5 nitrogen and oxygen atoms in total. The molecule has 4 rings (SSSR count). The molecule has 1 aromatic carbocycles. The summed E-state index contributed by atoms with van der Waals surface area (Å²) in [5.41, 5.74) is 2.27. The fourth-order valence-corrected chi connectivity index (χ4v) is 5.04. The summed E-state index contributed by atoms with van der Waals surface area (Å²) in [6.07, 6.45) is 5.69. The quantitative estimate of drug-likeness (QED) is 0.791. The third-order valence-electron chi connectivity index (χ3n) is 6.52. The van der Waals surface area contributed by atoms with Gasteiger partial charge in [-0.1, -0.05) is 41.9 Å². The molecule has 1 saturated heterocycles. The number of pyridine rings is 1. The molecule has 2 amide bonds. The predicted molar refractivity (Wildman–Crippen MR) is 111 cm³/mol. The lowest BCUT2D eigenvalue weighted by Gasteiger charge is -2.48. The van der Waals surface area contributed by atoms with Crippen molar-refractivity contribution in [2.45, 2.75) is 43.3 Å². The van der Waals surface area contributed by atoms with Crippen molar-refractivity contribution in [3.05, 3.63) is 64.9 Å². The number of hydrogen-bond donors (Lipinski definition) is 1. The van der Waals surface area contributed by atoms with Gasteiger partial charge in [-0.25, -0.2) is 9.78 Å². The average Bonchev–Trinajstić information content (AvgIpc) is 2.98. The van der Waals surface area contributed by atoms with E-state index in [9.17, 15) is 4.79 Å². The van der Waals surface area contributed by atoms with Crippen LogP contribution in [0.2, 0.25) is 5.15 Å². The van der Waals surface area contributed by atoms with Crippen LogP contribution in [0.1, 0.15) is 36.8 Å². The van der Waals surface area contributed by atoms with Gasteiger partial charge in [0, 0.05) is 24.8 Å². The standard InChI is InChI=1S/C22H27ClN4O/c1-26(2)22(18-6-4-3-5-7-18)11-9-21(10-12-22)16-27(20(28)25-21)15-17-8-13-24-19(23)14-17/h3-8,13-14H,9-12,15-16H2,1-2H3,(H,25,28). The maximum atomic E-state index is 12.7. The van der Waals surface area contributed by atoms with Crippen LogP contribution in [0.25, 0.3) is 0 Å². The zero-order chi connectivity index (χ0) is 19.8. The molecule has 1 N–H and O–H groups in total. The lowest BCUT2D eigenvalue weighted by atomic mass is 9.69. The van der Waals surface area contributed by atoms with E-state index < -0.39 is 0 Å². The molecule has 0 radical (unpaired) electrons. The third kappa shape index (κ3) is 3.49. The molecule has 2 fully saturated rings. The van der Waals surface area contributed by atoms with Gasteiger partial charge in [0.2, 0.25) is 0 Å². The second-order valence-electron chi connectivity index (χ2n) is 8.35. The predicted octanol–water partition coefficient (Wildman–Crippen LogP) is 4.03. The highest BCUT2D eigenvalue weighted by atomic mass is 35.5. The molecular formula is C22H27ClN4O. The number of aromatic nitrogens is 1. The molecule has 2 aliphatic rings. The van der Waals surface area contributed by atoms with E-state index in [1.54, 1.807) is 6.20 Å². The van der Waals surface area contributed by atoms with Gasteiger partial charge in [0.05, 0.1) is 5.54 Å². The first-order chi connectivity index (χ1) is 13.4. The minimum atomic E-state index is -0.137. The van der Waals surface area contributed by atoms with E-state index in [2.05, 4.69) is 59.6 Å². The van der Waals surface area contributed by atoms with Crippen molar-refractivity contribution >= 4 is 17.6 Å². The molecule has 0 bridgehead atoms. The van der Waals surface area contributed by atoms with Crippen molar-refractivity contribution in [2.24, 2.45) is 0 Å². The number of nitrogens with one attached hydrogen (secondary N) is 1. The van der Waals surface area contributed by atoms with E-state index in [0.717, 1.165) is 37.8 Å². The van der Waals surface area contributed by atoms with Gasteiger partial charge in [-0.05, 0) is 63.0 Å². The van der Waals surface area contributed by atoms with Crippen molar-refractivity contribution in [1.82, 2.24) is 20.1 Å². The Kier molecular flexibility index (Phi) is 5.06. The summed E-state index contributed by atoms with van der Waals surface area (Å²) < 4.78 is 0. The number of carbonyl (C=O) groups excluding carboxylic acids is 1. The first-order valence-electron chi connectivity index (χ1n) is 9.83. The van der Waals surface area contributed by atoms with Crippen LogP contribution in [0.5, 0.6) is 0 Å². The summed E-state index contributed by atoms with van der Waals surface area (Å²) in [6.45, 7) is 1.30. The van der Waals surface area contributed by atoms with Crippen LogP contribution in [0.4, 0.5) is 4.79 Å². The molecule has 1 aromatic heterocycles. The highest BCUT2D eigenvalue weighted by Gasteiger charge is 2.49. The molecule has 28 heavy (non-hydrogen) atoms. The van der Waals surface area contributed by atoms with Crippen LogP contribution >= 0.6 is 11.6 Å². The Morgan fingerprint density at radius 1 is 1.14 bits per heavy atom. The van der Waals surface area contributed by atoms with Gasteiger partial charge in [-0.15, -0.1) is 0 Å². The molecule has 2 heterocycles. The molecule has 0 atom stereocenters. The van der Waals surface area contributed by atoms with Gasteiger partial charge in [0.1, 0.15) is 5.15 Å². The van der Waals surface area contributed by atoms with E-state index in [1.807, 2.05) is 17.0 Å². The smallest absolute Gasteiger partial charge is 0.318 e. The van der Waals surface area contributed by atoms with Crippen LogP contribution in [-0.4, -0.2) is 47.0 Å². The van der Waals surface area contributed by atoms with Crippen LogP contribution in [0.3, 0.4) is 0 Å². The number of urea groups is 1. The molecule has 1 saturated carbocycles. The Morgan fingerprint density at radius 2 is 1.86 bits per heavy atom. The van der Waals surface area contributed by atoms with Gasteiger partial charge in [-0.3, -0.25) is 4.90 Å². The van der Waals surface area contributed by atoms with E-state index in [0.29, 0.717) is 11.7 Å². The minimum absolute atomic E-state index is 0.0185. The maximum absolute atomic E-state index is 12.7. The number of carbonyl (C=O) groups is 1. The molecule has 148 valence electrons. The fraction of sp³-hybridized carbons (Fsp3) is 0.455. The summed E-state index contributed by atoms with van der Waals surface area (Å²) in [7, 11) is 4.33. The summed E-state index contributed by atoms with van der Waals surface area (Å²) in [6, 6.07) is 14.5. The molecular weight excluding hydrogens is 372 g/mol. The average molecular weight is 399 g/mol. The van der Waals surface area contributed by atoms with Gasteiger partial charge in [0.15, 0.2) is 0 Å². The van der Waals surface area contributed by atoms with Crippen molar-refractivity contribution < 1.29 is 4.79 Å². The Balaban J connectivity index is 1.49. The van der Waals surface area contributed by atoms with Gasteiger partial charge in [0.25, 0.3) is 0 Å². The van der Waals surface area contributed by atoms with Crippen LogP contribution in [0.15, 0.2) is 48.7 Å². The lowest BCUT2D eigenvalue weighted by Crippen LogP contribution is -2.54. The minimum Gasteiger partial charge on any atom is -0.331 e. The second kappa shape index (κ2) is 7.37. The molecule has 1 spiro atoms. The van der Waals surface area contributed by atoms with E-state index in [-0.39, 0.29) is 17.1 Å². The van der Waals surface area contributed by atoms with Crippen molar-refractivity contribution in [2.75, 3.05) is 20.6 Å². The Labute approximate surface area is 171 Å². The number of hydrogen-bond acceptors (Lipinski definition) is 3. The van der Waals surface area contributed by atoms with Crippen molar-refractivity contribution in [3.63, 3.8) is 0 Å². The zero-order valence-corrected chi connectivity index (χ0v) is 17.2. The Bertz CT molecular complexity index is 847. The van der Waals surface area contributed by atoms with Crippen LogP contribution in [-0.2, 0) is 12.1 Å². The lowest BCUT2D eigenvalue weighted by molar-refractivity contribution is 0.0617. The summed E-state index contributed by atoms with van der Waals surface area (Å²) >= 11 is 5.99. The highest BCUT2D eigenvalue weighted by molar-refractivity contribution is 6.29. The zero-order valence-electron chi connectivity index (χ0n) is 16.5. The number of rotatable bonds is 4. The van der Waals surface area contributed by atoms with E-state index >= 15 is 0 Å². The van der Waals surface area contributed by atoms with Crippen molar-refractivity contribution in [1.29, 1.82) is 0 Å². The Hall–Kier alpha value is -2.11. The molecule has 2 aromatic rings. The summed E-state index contributed by atoms with van der Waals surface area (Å²) in [5.74, 6) is 0. The summed E-state index contributed by atoms with van der Waals surface area (Å²) in [5, 5.41) is 3.76. The van der Waals surface area contributed by atoms with E-state index in [4.69, 9.17) is 11.6 Å². The molecule has 6 heteroatoms. The number of halogens is 1. The van der Waals surface area contributed by atoms with Crippen molar-refractivity contribution in [3.8, 4) is 0 Å². The SMILES string of the molecule is CN(C)C1(c2ccccc2)CCC2(CC1)CN(Cc1ccnc(Cl)c1)C(=O)N2. The maximum Gasteiger partial charge on any atom is 0.318 e. The van der Waals surface area contributed by atoms with Gasteiger partial charge in [-0.2, -0.15) is 0 Å². The first-order valence-corrected chi connectivity index (χ1v) is 10.2. The Morgan fingerprint density at radius 3 is 2.50 bits per heavy atom. The fourth-order valence-electron chi connectivity index (χ4n) is 4.84. The number of nitrogens with zero attached hydrogens (tertiary/aromatic N) is 3. The number of benzene rings is 1. The van der Waals surface area contributed by atoms with Gasteiger partial charge < -0.3 is 10.2 Å².